The van der Waals surface area contributed by atoms with Crippen LogP contribution in [0.2, 0.25) is 0 Å². The number of rotatable bonds is 4. The first-order valence-electron chi connectivity index (χ1n) is 6.43. The van der Waals surface area contributed by atoms with Crippen molar-refractivity contribution in [3.05, 3.63) is 57.8 Å². The summed E-state index contributed by atoms with van der Waals surface area (Å²) in [4.78, 5) is 2.05. The molecule has 1 N–H and O–H groups in total. The van der Waals surface area contributed by atoms with Crippen LogP contribution in [0.4, 0.5) is 15.8 Å². The minimum Gasteiger partial charge on any atom is -0.379 e. The van der Waals surface area contributed by atoms with Gasteiger partial charge in [0.05, 0.1) is 11.4 Å². The first-order valence-corrected chi connectivity index (χ1v) is 7.22. The van der Waals surface area contributed by atoms with Gasteiger partial charge in [0.2, 0.25) is 0 Å². The van der Waals surface area contributed by atoms with E-state index in [2.05, 4.69) is 21.2 Å². The molecule has 20 heavy (non-hydrogen) atoms. The van der Waals surface area contributed by atoms with Crippen molar-refractivity contribution in [3.63, 3.8) is 0 Å². The monoisotopic (exact) mass is 336 g/mol. The minimum absolute atomic E-state index is 0.161. The summed E-state index contributed by atoms with van der Waals surface area (Å²) in [6.07, 6.45) is 0. The summed E-state index contributed by atoms with van der Waals surface area (Å²) in [7, 11) is 4.00. The molecule has 0 unspecified atom stereocenters. The Labute approximate surface area is 127 Å². The third-order valence-corrected chi connectivity index (χ3v) is 3.65. The molecular weight excluding hydrogens is 319 g/mol. The van der Waals surface area contributed by atoms with E-state index in [0.29, 0.717) is 12.1 Å². The van der Waals surface area contributed by atoms with Crippen molar-refractivity contribution in [2.45, 2.75) is 13.5 Å². The smallest absolute Gasteiger partial charge is 0.126 e. The Bertz CT molecular complexity index is 611. The third kappa shape index (κ3) is 3.51. The molecule has 0 saturated heterocycles. The van der Waals surface area contributed by atoms with Crippen LogP contribution in [-0.4, -0.2) is 14.1 Å². The van der Waals surface area contributed by atoms with Gasteiger partial charge in [-0.05, 0) is 42.3 Å². The molecule has 2 aromatic rings. The molecule has 2 nitrogen and oxygen atoms in total. The molecule has 0 heterocycles. The molecule has 0 fully saturated rings. The van der Waals surface area contributed by atoms with Gasteiger partial charge in [0, 0.05) is 25.1 Å². The van der Waals surface area contributed by atoms with Gasteiger partial charge in [-0.1, -0.05) is 28.1 Å². The average molecular weight is 337 g/mol. The normalized spacial score (nSPS) is 10.4. The average Bonchev–Trinajstić information content (AvgIpc) is 2.40. The first-order chi connectivity index (χ1) is 9.47. The van der Waals surface area contributed by atoms with Gasteiger partial charge in [-0.2, -0.15) is 0 Å². The van der Waals surface area contributed by atoms with Crippen molar-refractivity contribution in [2.75, 3.05) is 24.3 Å². The highest BCUT2D eigenvalue weighted by molar-refractivity contribution is 9.10. The SMILES string of the molecule is Cc1ccc(CNc2cc(Br)ccc2N(C)C)cc1F. The van der Waals surface area contributed by atoms with Gasteiger partial charge >= 0.3 is 0 Å². The van der Waals surface area contributed by atoms with Crippen LogP contribution in [0.25, 0.3) is 0 Å². The van der Waals surface area contributed by atoms with Crippen molar-refractivity contribution in [1.82, 2.24) is 0 Å². The molecule has 0 aliphatic rings. The van der Waals surface area contributed by atoms with Crippen LogP contribution >= 0.6 is 15.9 Å². The third-order valence-electron chi connectivity index (χ3n) is 3.16. The minimum atomic E-state index is -0.161. The summed E-state index contributed by atoms with van der Waals surface area (Å²) in [5.74, 6) is -0.161. The lowest BCUT2D eigenvalue weighted by Crippen LogP contribution is -2.12. The van der Waals surface area contributed by atoms with Crippen LogP contribution < -0.4 is 10.2 Å². The highest BCUT2D eigenvalue weighted by Crippen LogP contribution is 2.28. The fraction of sp³-hybridized carbons (Fsp3) is 0.250. The molecule has 0 saturated carbocycles. The standard InChI is InChI=1S/C16H18BrFN2/c1-11-4-5-12(8-14(11)18)10-19-15-9-13(17)6-7-16(15)20(2)3/h4-9,19H,10H2,1-3H3. The molecule has 2 rings (SSSR count). The Kier molecular flexibility index (Phi) is 4.65. The van der Waals surface area contributed by atoms with Crippen LogP contribution in [0, 0.1) is 12.7 Å². The Morgan fingerprint density at radius 3 is 2.55 bits per heavy atom. The summed E-state index contributed by atoms with van der Waals surface area (Å²) in [6.45, 7) is 2.36. The van der Waals surface area contributed by atoms with Gasteiger partial charge in [0.25, 0.3) is 0 Å². The highest BCUT2D eigenvalue weighted by Gasteiger charge is 2.06. The number of nitrogens with zero attached hydrogens (tertiary/aromatic N) is 1. The van der Waals surface area contributed by atoms with E-state index in [1.54, 1.807) is 19.1 Å². The zero-order chi connectivity index (χ0) is 14.7. The van der Waals surface area contributed by atoms with Crippen molar-refractivity contribution in [1.29, 1.82) is 0 Å². The molecule has 0 spiro atoms. The second kappa shape index (κ2) is 6.27. The van der Waals surface area contributed by atoms with Crippen LogP contribution in [0.3, 0.4) is 0 Å². The molecular formula is C16H18BrFN2. The molecule has 0 bridgehead atoms. The molecule has 0 aromatic heterocycles. The van der Waals surface area contributed by atoms with Crippen molar-refractivity contribution < 1.29 is 4.39 Å². The maximum absolute atomic E-state index is 13.5. The van der Waals surface area contributed by atoms with E-state index in [4.69, 9.17) is 0 Å². The second-order valence-corrected chi connectivity index (χ2v) is 5.91. The number of nitrogens with one attached hydrogen (secondary N) is 1. The number of halogens is 2. The Hall–Kier alpha value is -1.55. The zero-order valence-electron chi connectivity index (χ0n) is 11.9. The molecule has 106 valence electrons. The van der Waals surface area contributed by atoms with Crippen molar-refractivity contribution in [2.24, 2.45) is 0 Å². The van der Waals surface area contributed by atoms with E-state index in [1.807, 2.05) is 43.3 Å². The fourth-order valence-electron chi connectivity index (χ4n) is 1.98. The quantitative estimate of drug-likeness (QED) is 0.879. The fourth-order valence-corrected chi connectivity index (χ4v) is 2.34. The van der Waals surface area contributed by atoms with Crippen LogP contribution in [0.15, 0.2) is 40.9 Å². The zero-order valence-corrected chi connectivity index (χ0v) is 13.5. The van der Waals surface area contributed by atoms with E-state index in [-0.39, 0.29) is 5.82 Å². The van der Waals surface area contributed by atoms with Gasteiger partial charge in [-0.3, -0.25) is 0 Å². The lowest BCUT2D eigenvalue weighted by atomic mass is 10.1. The molecule has 0 aliphatic heterocycles. The van der Waals surface area contributed by atoms with Crippen LogP contribution in [-0.2, 0) is 6.54 Å². The van der Waals surface area contributed by atoms with E-state index < -0.39 is 0 Å². The van der Waals surface area contributed by atoms with E-state index in [0.717, 1.165) is 21.4 Å². The molecule has 4 heteroatoms. The van der Waals surface area contributed by atoms with Gasteiger partial charge in [0.1, 0.15) is 5.82 Å². The number of hydrogen-bond acceptors (Lipinski definition) is 2. The Balaban J connectivity index is 2.17. The van der Waals surface area contributed by atoms with E-state index in [1.165, 1.54) is 0 Å². The number of anilines is 2. The van der Waals surface area contributed by atoms with E-state index in [9.17, 15) is 4.39 Å². The predicted octanol–water partition coefficient (Wildman–Crippen LogP) is 4.57. The molecule has 0 aliphatic carbocycles. The summed E-state index contributed by atoms with van der Waals surface area (Å²) in [6, 6.07) is 11.4. The summed E-state index contributed by atoms with van der Waals surface area (Å²) in [5.41, 5.74) is 3.72. The summed E-state index contributed by atoms with van der Waals surface area (Å²) in [5, 5.41) is 3.36. The largest absolute Gasteiger partial charge is 0.379 e. The highest BCUT2D eigenvalue weighted by atomic mass is 79.9. The topological polar surface area (TPSA) is 15.3 Å². The van der Waals surface area contributed by atoms with Gasteiger partial charge in [-0.25, -0.2) is 4.39 Å². The van der Waals surface area contributed by atoms with Crippen LogP contribution in [0.5, 0.6) is 0 Å². The number of hydrogen-bond donors (Lipinski definition) is 1. The van der Waals surface area contributed by atoms with E-state index >= 15 is 0 Å². The maximum atomic E-state index is 13.5. The molecule has 0 radical (unpaired) electrons. The van der Waals surface area contributed by atoms with Crippen molar-refractivity contribution in [3.8, 4) is 0 Å². The molecule has 2 aromatic carbocycles. The van der Waals surface area contributed by atoms with Gasteiger partial charge in [-0.15, -0.1) is 0 Å². The summed E-state index contributed by atoms with van der Waals surface area (Å²) < 4.78 is 14.5. The Morgan fingerprint density at radius 1 is 1.15 bits per heavy atom. The number of aryl methyl sites for hydroxylation is 1. The van der Waals surface area contributed by atoms with Crippen LogP contribution in [0.1, 0.15) is 11.1 Å². The summed E-state index contributed by atoms with van der Waals surface area (Å²) >= 11 is 3.47. The lowest BCUT2D eigenvalue weighted by molar-refractivity contribution is 0.616. The maximum Gasteiger partial charge on any atom is 0.126 e. The first kappa shape index (κ1) is 14.9. The molecule has 0 amide bonds. The lowest BCUT2D eigenvalue weighted by Gasteiger charge is -2.19. The molecule has 0 atom stereocenters. The Morgan fingerprint density at radius 2 is 1.90 bits per heavy atom. The van der Waals surface area contributed by atoms with Gasteiger partial charge < -0.3 is 10.2 Å². The second-order valence-electron chi connectivity index (χ2n) is 4.99. The van der Waals surface area contributed by atoms with Gasteiger partial charge in [0.15, 0.2) is 0 Å². The van der Waals surface area contributed by atoms with Crippen molar-refractivity contribution >= 4 is 27.3 Å². The predicted molar refractivity (Wildman–Crippen MR) is 86.9 cm³/mol. The number of benzene rings is 2.